The highest BCUT2D eigenvalue weighted by molar-refractivity contribution is 6.05. The van der Waals surface area contributed by atoms with Crippen LogP contribution in [0.2, 0.25) is 0 Å². The third-order valence-corrected chi connectivity index (χ3v) is 10.8. The van der Waals surface area contributed by atoms with Gasteiger partial charge in [0, 0.05) is 38.8 Å². The van der Waals surface area contributed by atoms with E-state index in [0.29, 0.717) is 53.5 Å². The molecule has 8 rings (SSSR count). The smallest absolute Gasteiger partial charge is 0.272 e. The number of hydrogen-bond donors (Lipinski definition) is 3. The molecule has 4 aromatic rings. The van der Waals surface area contributed by atoms with Crippen LogP contribution in [0.4, 0.5) is 5.82 Å². The van der Waals surface area contributed by atoms with Crippen LogP contribution in [0.15, 0.2) is 24.3 Å². The summed E-state index contributed by atoms with van der Waals surface area (Å²) in [6.07, 6.45) is 13.1. The number of fused-ring (bicyclic) bond motifs is 2. The number of amides is 2. The summed E-state index contributed by atoms with van der Waals surface area (Å²) in [6, 6.07) is 7.74. The number of anilines is 1. The highest BCUT2D eigenvalue weighted by Crippen LogP contribution is 2.27. The number of ether oxygens (including phenoxy) is 1. The Morgan fingerprint density at radius 3 is 2.20 bits per heavy atom. The van der Waals surface area contributed by atoms with Gasteiger partial charge in [-0.05, 0) is 89.1 Å². The van der Waals surface area contributed by atoms with E-state index < -0.39 is 0 Å². The zero-order valence-electron chi connectivity index (χ0n) is 29.1. The van der Waals surface area contributed by atoms with E-state index >= 15 is 0 Å². The molecule has 0 radical (unpaired) electrons. The van der Waals surface area contributed by atoms with Gasteiger partial charge in [-0.1, -0.05) is 19.3 Å². The molecule has 4 aliphatic rings. The molecular formula is C36H49N11O3. The number of carbonyl (C=O) groups is 2. The van der Waals surface area contributed by atoms with Crippen molar-refractivity contribution >= 4 is 39.7 Å². The van der Waals surface area contributed by atoms with Crippen LogP contribution in [0.3, 0.4) is 0 Å². The lowest BCUT2D eigenvalue weighted by Crippen LogP contribution is -2.43. The molecule has 50 heavy (non-hydrogen) atoms. The predicted molar refractivity (Wildman–Crippen MR) is 191 cm³/mol. The number of rotatable bonds is 8. The summed E-state index contributed by atoms with van der Waals surface area (Å²) in [6.45, 7) is 4.92. The number of aryl methyl sites for hydroxylation is 1. The van der Waals surface area contributed by atoms with E-state index in [1.165, 1.54) is 32.1 Å². The van der Waals surface area contributed by atoms with E-state index in [1.54, 1.807) is 9.47 Å². The van der Waals surface area contributed by atoms with Crippen molar-refractivity contribution in [2.75, 3.05) is 49.2 Å². The van der Waals surface area contributed by atoms with Crippen molar-refractivity contribution in [3.05, 3.63) is 35.7 Å². The minimum Gasteiger partial charge on any atom is -0.474 e. The van der Waals surface area contributed by atoms with Gasteiger partial charge in [-0.3, -0.25) is 14.6 Å². The van der Waals surface area contributed by atoms with Crippen LogP contribution in [0.5, 0.6) is 5.88 Å². The molecule has 3 N–H and O–H groups in total. The molecule has 1 atom stereocenters. The molecule has 7 heterocycles. The second kappa shape index (κ2) is 14.4. The Hall–Kier alpha value is -4.46. The largest absolute Gasteiger partial charge is 0.474 e. The summed E-state index contributed by atoms with van der Waals surface area (Å²) in [4.78, 5) is 41.2. The molecule has 4 aromatic heterocycles. The maximum absolute atomic E-state index is 13.7. The van der Waals surface area contributed by atoms with Crippen molar-refractivity contribution in [2.45, 2.75) is 95.2 Å². The Morgan fingerprint density at radius 1 is 0.740 bits per heavy atom. The molecule has 266 valence electrons. The van der Waals surface area contributed by atoms with E-state index in [-0.39, 0.29) is 30.0 Å². The number of piperidine rings is 1. The first-order chi connectivity index (χ1) is 24.5. The van der Waals surface area contributed by atoms with Gasteiger partial charge in [0.25, 0.3) is 11.8 Å². The van der Waals surface area contributed by atoms with Gasteiger partial charge in [0.1, 0.15) is 11.9 Å². The lowest BCUT2D eigenvalue weighted by Gasteiger charge is -2.23. The number of hydrogen-bond acceptors (Lipinski definition) is 10. The van der Waals surface area contributed by atoms with Gasteiger partial charge in [0.15, 0.2) is 22.7 Å². The Bertz CT molecular complexity index is 1830. The molecule has 14 nitrogen and oxygen atoms in total. The topological polar surface area (TPSA) is 147 Å². The number of pyridine rings is 2. The SMILES string of the molecule is Cn1nc(C(=O)NC2CCN(n3nc(C(=O)NC4CCNCC4)c4ccc(OC5CCCCC5)nc43)C2)c2ccc(N3CCCCCC3)nc21. The minimum absolute atomic E-state index is 0.107. The maximum Gasteiger partial charge on any atom is 0.272 e. The van der Waals surface area contributed by atoms with Crippen molar-refractivity contribution in [2.24, 2.45) is 7.05 Å². The van der Waals surface area contributed by atoms with Gasteiger partial charge in [-0.2, -0.15) is 14.9 Å². The molecular weight excluding hydrogens is 634 g/mol. The Morgan fingerprint density at radius 2 is 1.42 bits per heavy atom. The average molecular weight is 684 g/mol. The van der Waals surface area contributed by atoms with Crippen LogP contribution in [0.1, 0.15) is 98.0 Å². The van der Waals surface area contributed by atoms with Crippen molar-refractivity contribution in [3.63, 3.8) is 0 Å². The first kappa shape index (κ1) is 32.7. The molecule has 1 saturated carbocycles. The second-order valence-electron chi connectivity index (χ2n) is 14.4. The Balaban J connectivity index is 1.01. The summed E-state index contributed by atoms with van der Waals surface area (Å²) in [5.74, 6) is 1.08. The van der Waals surface area contributed by atoms with Crippen LogP contribution < -0.4 is 30.6 Å². The van der Waals surface area contributed by atoms with Gasteiger partial charge in [0.2, 0.25) is 5.88 Å². The van der Waals surface area contributed by atoms with E-state index in [1.807, 2.05) is 31.3 Å². The molecule has 1 unspecified atom stereocenters. The van der Waals surface area contributed by atoms with Gasteiger partial charge < -0.3 is 25.6 Å². The number of carbonyl (C=O) groups excluding carboxylic acids is 2. The molecule has 1 aliphatic carbocycles. The standard InChI is InChI=1S/C36H49N11O3/c1-44-33-27(11-13-29(40-33)45-20-7-2-3-8-21-45)31(42-44)35(48)39-25-17-22-46(23-25)47-34-28(12-14-30(41-34)50-26-9-5-4-6-10-26)32(43-47)36(49)38-24-15-18-37-19-16-24/h11-14,24-26,37H,2-10,15-23H2,1H3,(H,38,49)(H,39,48). The van der Waals surface area contributed by atoms with Crippen molar-refractivity contribution in [3.8, 4) is 5.88 Å². The van der Waals surface area contributed by atoms with Crippen LogP contribution >= 0.6 is 0 Å². The van der Waals surface area contributed by atoms with Crippen molar-refractivity contribution < 1.29 is 14.3 Å². The van der Waals surface area contributed by atoms with Gasteiger partial charge >= 0.3 is 0 Å². The average Bonchev–Trinajstić information content (AvgIpc) is 3.77. The van der Waals surface area contributed by atoms with Gasteiger partial charge in [0.05, 0.1) is 23.4 Å². The molecule has 4 fully saturated rings. The van der Waals surface area contributed by atoms with Crippen molar-refractivity contribution in [1.82, 2.24) is 45.6 Å². The molecule has 0 spiro atoms. The predicted octanol–water partition coefficient (Wildman–Crippen LogP) is 3.43. The third kappa shape index (κ3) is 6.81. The Labute approximate surface area is 292 Å². The van der Waals surface area contributed by atoms with Crippen LogP contribution in [0.25, 0.3) is 22.1 Å². The fraction of sp³-hybridized carbons (Fsp3) is 0.611. The van der Waals surface area contributed by atoms with E-state index in [0.717, 1.165) is 75.9 Å². The fourth-order valence-corrected chi connectivity index (χ4v) is 8.02. The van der Waals surface area contributed by atoms with Crippen LogP contribution in [-0.4, -0.2) is 98.9 Å². The summed E-state index contributed by atoms with van der Waals surface area (Å²) >= 11 is 0. The molecule has 3 saturated heterocycles. The zero-order valence-corrected chi connectivity index (χ0v) is 29.1. The molecule has 0 aromatic carbocycles. The first-order valence-electron chi connectivity index (χ1n) is 18.7. The van der Waals surface area contributed by atoms with Gasteiger partial charge in [-0.15, -0.1) is 5.10 Å². The van der Waals surface area contributed by atoms with E-state index in [9.17, 15) is 9.59 Å². The normalized spacial score (nSPS) is 21.1. The lowest BCUT2D eigenvalue weighted by molar-refractivity contribution is 0.0921. The number of nitrogens with zero attached hydrogens (tertiary/aromatic N) is 8. The van der Waals surface area contributed by atoms with E-state index in [4.69, 9.17) is 19.8 Å². The maximum atomic E-state index is 13.7. The first-order valence-corrected chi connectivity index (χ1v) is 18.7. The number of nitrogens with one attached hydrogen (secondary N) is 3. The Kier molecular flexibility index (Phi) is 9.43. The zero-order chi connectivity index (χ0) is 34.0. The summed E-state index contributed by atoms with van der Waals surface area (Å²) in [7, 11) is 1.84. The molecule has 2 amide bonds. The van der Waals surface area contributed by atoms with Crippen LogP contribution in [-0.2, 0) is 7.05 Å². The van der Waals surface area contributed by atoms with Crippen LogP contribution in [0, 0.1) is 0 Å². The molecule has 3 aliphatic heterocycles. The van der Waals surface area contributed by atoms with Gasteiger partial charge in [-0.25, -0.2) is 9.67 Å². The highest BCUT2D eigenvalue weighted by Gasteiger charge is 2.31. The minimum atomic E-state index is -0.222. The van der Waals surface area contributed by atoms with Crippen molar-refractivity contribution in [1.29, 1.82) is 0 Å². The highest BCUT2D eigenvalue weighted by atomic mass is 16.5. The summed E-state index contributed by atoms with van der Waals surface area (Å²) in [5, 5.41) is 22.7. The molecule has 14 heteroatoms. The fourth-order valence-electron chi connectivity index (χ4n) is 8.02. The molecule has 0 bridgehead atoms. The lowest BCUT2D eigenvalue weighted by atomic mass is 9.98. The quantitative estimate of drug-likeness (QED) is 0.253. The monoisotopic (exact) mass is 683 g/mol. The summed E-state index contributed by atoms with van der Waals surface area (Å²) in [5.41, 5.74) is 2.03. The number of aromatic nitrogens is 6. The van der Waals surface area contributed by atoms with E-state index in [2.05, 4.69) is 31.0 Å². The second-order valence-corrected chi connectivity index (χ2v) is 14.4. The third-order valence-electron chi connectivity index (χ3n) is 10.8. The summed E-state index contributed by atoms with van der Waals surface area (Å²) < 4.78 is 8.03.